The summed E-state index contributed by atoms with van der Waals surface area (Å²) in [4.78, 5) is 11.6. The Balaban J connectivity index is 2.86. The zero-order chi connectivity index (χ0) is 13.5. The van der Waals surface area contributed by atoms with E-state index in [0.29, 0.717) is 12.8 Å². The molecule has 0 N–H and O–H groups in total. The van der Waals surface area contributed by atoms with Gasteiger partial charge in [-0.2, -0.15) is 10.5 Å². The molecule has 0 aromatic rings. The molecular formula is C14H16N2O2. The van der Waals surface area contributed by atoms with Gasteiger partial charge in [-0.3, -0.25) is 0 Å². The van der Waals surface area contributed by atoms with Gasteiger partial charge in [0.15, 0.2) is 0 Å². The minimum atomic E-state index is -0.528. The predicted molar refractivity (Wildman–Crippen MR) is 66.1 cm³/mol. The molecule has 1 saturated carbocycles. The quantitative estimate of drug-likeness (QED) is 0.425. The van der Waals surface area contributed by atoms with E-state index in [0.717, 1.165) is 29.6 Å². The molecule has 0 heterocycles. The van der Waals surface area contributed by atoms with Gasteiger partial charge < -0.3 is 4.74 Å². The summed E-state index contributed by atoms with van der Waals surface area (Å²) >= 11 is 0. The maximum atomic E-state index is 11.6. The van der Waals surface area contributed by atoms with Gasteiger partial charge in [-0.05, 0) is 45.1 Å². The molecule has 0 aromatic carbocycles. The molecule has 18 heavy (non-hydrogen) atoms. The van der Waals surface area contributed by atoms with Crippen LogP contribution < -0.4 is 0 Å². The lowest BCUT2D eigenvalue weighted by Gasteiger charge is -2.19. The van der Waals surface area contributed by atoms with E-state index in [1.165, 1.54) is 0 Å². The molecule has 4 heteroatoms. The Morgan fingerprint density at radius 2 is 1.72 bits per heavy atom. The second-order valence-electron chi connectivity index (χ2n) is 4.15. The molecule has 1 aliphatic rings. The van der Waals surface area contributed by atoms with E-state index >= 15 is 0 Å². The molecule has 4 nitrogen and oxygen atoms in total. The van der Waals surface area contributed by atoms with Crippen molar-refractivity contribution in [3.63, 3.8) is 0 Å². The molecule has 94 valence electrons. The van der Waals surface area contributed by atoms with Gasteiger partial charge in [0.2, 0.25) is 0 Å². The van der Waals surface area contributed by atoms with Crippen molar-refractivity contribution >= 4 is 5.97 Å². The second-order valence-corrected chi connectivity index (χ2v) is 4.15. The fourth-order valence-corrected chi connectivity index (χ4v) is 2.03. The molecule has 0 spiro atoms. The minimum absolute atomic E-state index is 0.144. The van der Waals surface area contributed by atoms with Crippen molar-refractivity contribution in [2.24, 2.45) is 0 Å². The Kier molecular flexibility index (Phi) is 5.14. The summed E-state index contributed by atoms with van der Waals surface area (Å²) in [7, 11) is 0. The monoisotopic (exact) mass is 244 g/mol. The fraction of sp³-hybridized carbons (Fsp3) is 0.500. The van der Waals surface area contributed by atoms with Gasteiger partial charge in [0.1, 0.15) is 11.6 Å². The number of nitrogens with zero attached hydrogens (tertiary/aromatic N) is 2. The van der Waals surface area contributed by atoms with Gasteiger partial charge in [0, 0.05) is 5.57 Å². The SMILES string of the molecule is CCOC(=O)C(C#N)=C1CCC(=C(C)C#N)CC1. The third-order valence-electron chi connectivity index (χ3n) is 3.10. The van der Waals surface area contributed by atoms with Crippen LogP contribution in [-0.4, -0.2) is 12.6 Å². The van der Waals surface area contributed by atoms with Gasteiger partial charge in [-0.1, -0.05) is 5.57 Å². The molecule has 1 aliphatic carbocycles. The van der Waals surface area contributed by atoms with Gasteiger partial charge in [0.25, 0.3) is 0 Å². The first-order valence-electron chi connectivity index (χ1n) is 6.02. The van der Waals surface area contributed by atoms with Crippen molar-refractivity contribution in [1.82, 2.24) is 0 Å². The van der Waals surface area contributed by atoms with E-state index in [2.05, 4.69) is 6.07 Å². The average Bonchev–Trinajstić information content (AvgIpc) is 2.40. The lowest BCUT2D eigenvalue weighted by Crippen LogP contribution is -2.11. The summed E-state index contributed by atoms with van der Waals surface area (Å²) in [5.41, 5.74) is 2.88. The Labute approximate surface area is 107 Å². The van der Waals surface area contributed by atoms with Crippen LogP contribution in [-0.2, 0) is 9.53 Å². The van der Waals surface area contributed by atoms with Crippen molar-refractivity contribution in [3.8, 4) is 12.1 Å². The highest BCUT2D eigenvalue weighted by Crippen LogP contribution is 2.31. The lowest BCUT2D eigenvalue weighted by molar-refractivity contribution is -0.138. The average molecular weight is 244 g/mol. The molecule has 1 rings (SSSR count). The smallest absolute Gasteiger partial charge is 0.348 e. The van der Waals surface area contributed by atoms with Crippen molar-refractivity contribution in [2.45, 2.75) is 39.5 Å². The number of carbonyl (C=O) groups is 1. The molecule has 0 amide bonds. The van der Waals surface area contributed by atoms with Gasteiger partial charge in [0.05, 0.1) is 12.7 Å². The van der Waals surface area contributed by atoms with Crippen LogP contribution in [0.25, 0.3) is 0 Å². The number of ether oxygens (including phenoxy) is 1. The zero-order valence-corrected chi connectivity index (χ0v) is 10.7. The van der Waals surface area contributed by atoms with E-state index in [9.17, 15) is 4.79 Å². The van der Waals surface area contributed by atoms with Crippen LogP contribution in [0.1, 0.15) is 39.5 Å². The Hall–Kier alpha value is -2.07. The fourth-order valence-electron chi connectivity index (χ4n) is 2.03. The summed E-state index contributed by atoms with van der Waals surface area (Å²) in [5.74, 6) is -0.528. The van der Waals surface area contributed by atoms with Crippen molar-refractivity contribution in [1.29, 1.82) is 10.5 Å². The van der Waals surface area contributed by atoms with E-state index in [1.807, 2.05) is 6.07 Å². The Morgan fingerprint density at radius 1 is 1.17 bits per heavy atom. The summed E-state index contributed by atoms with van der Waals surface area (Å²) < 4.78 is 4.86. The lowest BCUT2D eigenvalue weighted by atomic mass is 9.86. The van der Waals surface area contributed by atoms with E-state index in [1.54, 1.807) is 13.8 Å². The number of carbonyl (C=O) groups excluding carboxylic acids is 1. The topological polar surface area (TPSA) is 73.9 Å². The summed E-state index contributed by atoms with van der Waals surface area (Å²) in [6, 6.07) is 4.08. The van der Waals surface area contributed by atoms with E-state index in [4.69, 9.17) is 15.3 Å². The summed E-state index contributed by atoms with van der Waals surface area (Å²) in [5, 5.41) is 17.8. The van der Waals surface area contributed by atoms with Crippen LogP contribution in [0.3, 0.4) is 0 Å². The van der Waals surface area contributed by atoms with Crippen LogP contribution in [0.5, 0.6) is 0 Å². The number of esters is 1. The first kappa shape index (κ1) is 14.0. The highest BCUT2D eigenvalue weighted by molar-refractivity contribution is 5.93. The summed E-state index contributed by atoms with van der Waals surface area (Å²) in [6.07, 6.45) is 2.82. The van der Waals surface area contributed by atoms with Crippen LogP contribution in [0, 0.1) is 22.7 Å². The number of hydrogen-bond donors (Lipinski definition) is 0. The number of allylic oxidation sites excluding steroid dienone is 3. The third-order valence-corrected chi connectivity index (χ3v) is 3.10. The molecule has 1 fully saturated rings. The maximum Gasteiger partial charge on any atom is 0.348 e. The molecule has 0 aliphatic heterocycles. The van der Waals surface area contributed by atoms with Crippen molar-refractivity contribution in [2.75, 3.05) is 6.61 Å². The van der Waals surface area contributed by atoms with Crippen LogP contribution >= 0.6 is 0 Å². The van der Waals surface area contributed by atoms with Crippen LogP contribution in [0.2, 0.25) is 0 Å². The molecular weight excluding hydrogens is 228 g/mol. The normalized spacial score (nSPS) is 14.4. The summed E-state index contributed by atoms with van der Waals surface area (Å²) in [6.45, 7) is 3.80. The van der Waals surface area contributed by atoms with Gasteiger partial charge >= 0.3 is 5.97 Å². The standard InChI is InChI=1S/C14H16N2O2/c1-3-18-14(17)13(9-16)12-6-4-11(5-7-12)10(2)8-15/h3-7H2,1-2H3. The minimum Gasteiger partial charge on any atom is -0.462 e. The number of hydrogen-bond acceptors (Lipinski definition) is 4. The molecule has 0 bridgehead atoms. The van der Waals surface area contributed by atoms with E-state index in [-0.39, 0.29) is 12.2 Å². The zero-order valence-electron chi connectivity index (χ0n) is 10.7. The largest absolute Gasteiger partial charge is 0.462 e. The molecule has 0 saturated heterocycles. The van der Waals surface area contributed by atoms with Crippen molar-refractivity contribution < 1.29 is 9.53 Å². The first-order chi connectivity index (χ1) is 8.63. The predicted octanol–water partition coefficient (Wildman–Crippen LogP) is 2.78. The molecule has 0 aromatic heterocycles. The molecule has 0 unspecified atom stereocenters. The number of rotatable bonds is 2. The molecule has 0 atom stereocenters. The van der Waals surface area contributed by atoms with Crippen molar-refractivity contribution in [3.05, 3.63) is 22.3 Å². The third kappa shape index (κ3) is 3.21. The highest BCUT2D eigenvalue weighted by Gasteiger charge is 2.20. The molecule has 0 radical (unpaired) electrons. The van der Waals surface area contributed by atoms with Gasteiger partial charge in [-0.15, -0.1) is 0 Å². The Morgan fingerprint density at radius 3 is 2.17 bits per heavy atom. The number of nitriles is 2. The first-order valence-corrected chi connectivity index (χ1v) is 6.02. The Bertz CT molecular complexity index is 475. The van der Waals surface area contributed by atoms with E-state index < -0.39 is 5.97 Å². The second kappa shape index (κ2) is 6.61. The van der Waals surface area contributed by atoms with Crippen LogP contribution in [0.4, 0.5) is 0 Å². The highest BCUT2D eigenvalue weighted by atomic mass is 16.5. The van der Waals surface area contributed by atoms with Gasteiger partial charge in [-0.25, -0.2) is 4.79 Å². The maximum absolute atomic E-state index is 11.6. The van der Waals surface area contributed by atoms with Crippen LogP contribution in [0.15, 0.2) is 22.3 Å².